The lowest BCUT2D eigenvalue weighted by molar-refractivity contribution is -0.145. The van der Waals surface area contributed by atoms with Crippen LogP contribution in [0.3, 0.4) is 0 Å². The maximum atomic E-state index is 11.4. The van der Waals surface area contributed by atoms with Crippen molar-refractivity contribution in [1.29, 1.82) is 0 Å². The molecule has 0 rings (SSSR count). The average Bonchev–Trinajstić information content (AvgIpc) is 2.24. The summed E-state index contributed by atoms with van der Waals surface area (Å²) in [5.41, 5.74) is 0. The summed E-state index contributed by atoms with van der Waals surface area (Å²) in [4.78, 5) is 24.6. The molecular formula is C12H24N2O3. The second-order valence-corrected chi connectivity index (χ2v) is 4.66. The van der Waals surface area contributed by atoms with Crippen LogP contribution in [0.25, 0.3) is 0 Å². The molecule has 1 atom stereocenters. The summed E-state index contributed by atoms with van der Waals surface area (Å²) < 4.78 is 4.65. The molecule has 0 bridgehead atoms. The quantitative estimate of drug-likeness (QED) is 0.668. The Morgan fingerprint density at radius 1 is 1.29 bits per heavy atom. The molecule has 0 aromatic carbocycles. The van der Waals surface area contributed by atoms with Crippen molar-refractivity contribution in [2.45, 2.75) is 33.2 Å². The molecule has 17 heavy (non-hydrogen) atoms. The van der Waals surface area contributed by atoms with Crippen LogP contribution in [-0.4, -0.2) is 50.1 Å². The second-order valence-electron chi connectivity index (χ2n) is 4.66. The molecule has 0 aliphatic heterocycles. The van der Waals surface area contributed by atoms with Crippen LogP contribution in [0.4, 0.5) is 0 Å². The van der Waals surface area contributed by atoms with E-state index >= 15 is 0 Å². The van der Waals surface area contributed by atoms with Crippen molar-refractivity contribution >= 4 is 11.9 Å². The predicted octanol–water partition coefficient (Wildman–Crippen LogP) is 0.642. The number of amides is 1. The van der Waals surface area contributed by atoms with Crippen LogP contribution in [0.1, 0.15) is 27.2 Å². The Labute approximate surface area is 103 Å². The monoisotopic (exact) mass is 244 g/mol. The molecule has 100 valence electrons. The Morgan fingerprint density at radius 3 is 2.35 bits per heavy atom. The van der Waals surface area contributed by atoms with Crippen molar-refractivity contribution in [3.8, 4) is 0 Å². The summed E-state index contributed by atoms with van der Waals surface area (Å²) in [7, 11) is 3.27. The maximum Gasteiger partial charge on any atom is 0.309 e. The van der Waals surface area contributed by atoms with Gasteiger partial charge in [0.05, 0.1) is 13.0 Å². The number of rotatable bonds is 7. The number of nitrogens with zero attached hydrogens (tertiary/aromatic N) is 1. The molecule has 0 saturated heterocycles. The van der Waals surface area contributed by atoms with Crippen LogP contribution < -0.4 is 5.32 Å². The molecule has 5 heteroatoms. The van der Waals surface area contributed by atoms with E-state index < -0.39 is 0 Å². The standard InChI is InChI=1S/C12H24N2O3/c1-9(2)13-11(15)6-7-14(4)8-10(3)12(16)17-5/h9-10H,6-8H2,1-5H3,(H,13,15). The summed E-state index contributed by atoms with van der Waals surface area (Å²) in [6.45, 7) is 6.92. The van der Waals surface area contributed by atoms with E-state index in [-0.39, 0.29) is 23.8 Å². The average molecular weight is 244 g/mol. The first-order valence-corrected chi connectivity index (χ1v) is 5.92. The largest absolute Gasteiger partial charge is 0.469 e. The Hall–Kier alpha value is -1.10. The molecule has 5 nitrogen and oxygen atoms in total. The first kappa shape index (κ1) is 15.9. The van der Waals surface area contributed by atoms with Gasteiger partial charge in [0, 0.05) is 25.6 Å². The number of methoxy groups -OCH3 is 1. The van der Waals surface area contributed by atoms with Gasteiger partial charge < -0.3 is 15.0 Å². The number of hydrogen-bond acceptors (Lipinski definition) is 4. The molecule has 0 aliphatic rings. The first-order valence-electron chi connectivity index (χ1n) is 5.92. The van der Waals surface area contributed by atoms with E-state index in [0.717, 1.165) is 0 Å². The summed E-state index contributed by atoms with van der Waals surface area (Å²) in [6, 6.07) is 0.168. The first-order chi connectivity index (χ1) is 7.86. The summed E-state index contributed by atoms with van der Waals surface area (Å²) in [6.07, 6.45) is 0.447. The van der Waals surface area contributed by atoms with E-state index in [1.165, 1.54) is 7.11 Å². The lowest BCUT2D eigenvalue weighted by Crippen LogP contribution is -2.35. The van der Waals surface area contributed by atoms with Crippen molar-refractivity contribution < 1.29 is 14.3 Å². The normalized spacial score (nSPS) is 12.6. The molecule has 1 amide bonds. The molecular weight excluding hydrogens is 220 g/mol. The zero-order valence-corrected chi connectivity index (χ0v) is 11.4. The molecule has 0 saturated carbocycles. The van der Waals surface area contributed by atoms with Gasteiger partial charge in [-0.1, -0.05) is 6.92 Å². The maximum absolute atomic E-state index is 11.4. The van der Waals surface area contributed by atoms with Crippen molar-refractivity contribution in [2.75, 3.05) is 27.2 Å². The van der Waals surface area contributed by atoms with Crippen molar-refractivity contribution in [1.82, 2.24) is 10.2 Å². The SMILES string of the molecule is COC(=O)C(C)CN(C)CCC(=O)NC(C)C. The molecule has 1 N–H and O–H groups in total. The smallest absolute Gasteiger partial charge is 0.309 e. The molecule has 0 radical (unpaired) electrons. The fraction of sp³-hybridized carbons (Fsp3) is 0.833. The minimum absolute atomic E-state index is 0.0394. The van der Waals surface area contributed by atoms with Gasteiger partial charge in [-0.3, -0.25) is 9.59 Å². The molecule has 0 spiro atoms. The fourth-order valence-corrected chi connectivity index (χ4v) is 1.52. The van der Waals surface area contributed by atoms with Gasteiger partial charge >= 0.3 is 5.97 Å². The van der Waals surface area contributed by atoms with Gasteiger partial charge in [0.15, 0.2) is 0 Å². The lowest BCUT2D eigenvalue weighted by atomic mass is 10.1. The molecule has 0 aliphatic carbocycles. The van der Waals surface area contributed by atoms with Crippen LogP contribution in [0.5, 0.6) is 0 Å². The zero-order chi connectivity index (χ0) is 13.4. The highest BCUT2D eigenvalue weighted by molar-refractivity contribution is 5.76. The molecule has 1 unspecified atom stereocenters. The number of esters is 1. The Kier molecular flexibility index (Phi) is 7.54. The van der Waals surface area contributed by atoms with Crippen LogP contribution in [0.2, 0.25) is 0 Å². The van der Waals surface area contributed by atoms with E-state index in [4.69, 9.17) is 0 Å². The Bertz CT molecular complexity index is 254. The van der Waals surface area contributed by atoms with Crippen molar-refractivity contribution in [3.63, 3.8) is 0 Å². The third kappa shape index (κ3) is 7.74. The van der Waals surface area contributed by atoms with E-state index in [1.807, 2.05) is 32.7 Å². The number of hydrogen-bond donors (Lipinski definition) is 1. The van der Waals surface area contributed by atoms with Crippen molar-refractivity contribution in [3.05, 3.63) is 0 Å². The molecule has 0 aromatic heterocycles. The van der Waals surface area contributed by atoms with E-state index in [2.05, 4.69) is 10.1 Å². The number of ether oxygens (including phenoxy) is 1. The van der Waals surface area contributed by atoms with Gasteiger partial charge in [-0.25, -0.2) is 0 Å². The van der Waals surface area contributed by atoms with E-state index in [1.54, 1.807) is 0 Å². The van der Waals surface area contributed by atoms with Crippen LogP contribution in [0.15, 0.2) is 0 Å². The van der Waals surface area contributed by atoms with Crippen LogP contribution >= 0.6 is 0 Å². The highest BCUT2D eigenvalue weighted by atomic mass is 16.5. The number of nitrogens with one attached hydrogen (secondary N) is 1. The second kappa shape index (κ2) is 8.06. The zero-order valence-electron chi connectivity index (χ0n) is 11.4. The third-order valence-electron chi connectivity index (χ3n) is 2.36. The highest BCUT2D eigenvalue weighted by Gasteiger charge is 2.15. The van der Waals surface area contributed by atoms with Crippen LogP contribution in [-0.2, 0) is 14.3 Å². The third-order valence-corrected chi connectivity index (χ3v) is 2.36. The van der Waals surface area contributed by atoms with Crippen LogP contribution in [0, 0.1) is 5.92 Å². The summed E-state index contributed by atoms with van der Waals surface area (Å²) in [5.74, 6) is -0.348. The van der Waals surface area contributed by atoms with Gasteiger partial charge in [-0.2, -0.15) is 0 Å². The summed E-state index contributed by atoms with van der Waals surface area (Å²) in [5, 5.41) is 2.83. The summed E-state index contributed by atoms with van der Waals surface area (Å²) >= 11 is 0. The lowest BCUT2D eigenvalue weighted by Gasteiger charge is -2.19. The Morgan fingerprint density at radius 2 is 1.88 bits per heavy atom. The molecule has 0 fully saturated rings. The van der Waals surface area contributed by atoms with Gasteiger partial charge in [0.2, 0.25) is 5.91 Å². The molecule has 0 aromatic rings. The van der Waals surface area contributed by atoms with E-state index in [0.29, 0.717) is 19.5 Å². The number of carbonyl (C=O) groups is 2. The van der Waals surface area contributed by atoms with Gasteiger partial charge in [-0.05, 0) is 20.9 Å². The van der Waals surface area contributed by atoms with Crippen molar-refractivity contribution in [2.24, 2.45) is 5.92 Å². The van der Waals surface area contributed by atoms with Gasteiger partial charge in [0.25, 0.3) is 0 Å². The Balaban J connectivity index is 3.83. The topological polar surface area (TPSA) is 58.6 Å². The highest BCUT2D eigenvalue weighted by Crippen LogP contribution is 2.01. The fourth-order valence-electron chi connectivity index (χ4n) is 1.52. The predicted molar refractivity (Wildman–Crippen MR) is 66.6 cm³/mol. The van der Waals surface area contributed by atoms with Gasteiger partial charge in [-0.15, -0.1) is 0 Å². The minimum Gasteiger partial charge on any atom is -0.469 e. The van der Waals surface area contributed by atoms with E-state index in [9.17, 15) is 9.59 Å². The number of carbonyl (C=O) groups excluding carboxylic acids is 2. The molecule has 0 heterocycles. The minimum atomic E-state index is -0.219. The van der Waals surface area contributed by atoms with Gasteiger partial charge in [0.1, 0.15) is 0 Å².